The lowest BCUT2D eigenvalue weighted by Crippen LogP contribution is -2.34. The summed E-state index contributed by atoms with van der Waals surface area (Å²) in [4.78, 5) is 26.1. The Hall–Kier alpha value is -3.43. The summed E-state index contributed by atoms with van der Waals surface area (Å²) in [6.45, 7) is 9.18. The molecule has 3 aromatic rings. The Balaban J connectivity index is 2.44. The zero-order valence-corrected chi connectivity index (χ0v) is 18.9. The predicted octanol–water partition coefficient (Wildman–Crippen LogP) is 3.38. The van der Waals surface area contributed by atoms with E-state index in [1.165, 1.54) is 4.57 Å². The Bertz CT molecular complexity index is 1400. The van der Waals surface area contributed by atoms with Crippen molar-refractivity contribution < 1.29 is 9.53 Å². The van der Waals surface area contributed by atoms with Crippen molar-refractivity contribution in [3.63, 3.8) is 0 Å². The molecular formula is C25H24N2O3S. The lowest BCUT2D eigenvalue weighted by atomic mass is 9.87. The number of nitriles is 1. The second-order valence-corrected chi connectivity index (χ2v) is 9.12. The number of hydrogen-bond donors (Lipinski definition) is 0. The maximum absolute atomic E-state index is 13.2. The van der Waals surface area contributed by atoms with Gasteiger partial charge in [0, 0.05) is 17.5 Å². The van der Waals surface area contributed by atoms with Crippen LogP contribution in [-0.4, -0.2) is 17.5 Å². The molecule has 0 spiro atoms. The zero-order chi connectivity index (χ0) is 22.8. The minimum Gasteiger partial charge on any atom is -0.496 e. The van der Waals surface area contributed by atoms with Crippen molar-refractivity contribution in [2.24, 2.45) is 5.41 Å². The highest BCUT2D eigenvalue weighted by atomic mass is 32.1. The molecule has 0 aliphatic rings. The fraction of sp³-hybridized carbons (Fsp3) is 0.240. The van der Waals surface area contributed by atoms with Crippen LogP contribution in [0, 0.1) is 16.7 Å². The summed E-state index contributed by atoms with van der Waals surface area (Å²) in [5, 5.41) is 11.7. The monoisotopic (exact) mass is 432 g/mol. The number of benzene rings is 2. The van der Waals surface area contributed by atoms with Crippen molar-refractivity contribution in [2.45, 2.75) is 27.3 Å². The van der Waals surface area contributed by atoms with Crippen LogP contribution in [0.2, 0.25) is 0 Å². The molecule has 0 amide bonds. The fourth-order valence-electron chi connectivity index (χ4n) is 3.30. The molecule has 31 heavy (non-hydrogen) atoms. The smallest absolute Gasteiger partial charge is 0.269 e. The lowest BCUT2D eigenvalue weighted by molar-refractivity contribution is -0.120. The number of carbonyl (C=O) groups excluding carboxylic acids is 1. The van der Waals surface area contributed by atoms with Crippen molar-refractivity contribution in [1.29, 1.82) is 5.26 Å². The number of fused-ring (bicyclic) bond motifs is 1. The van der Waals surface area contributed by atoms with Crippen LogP contribution in [0.25, 0.3) is 22.4 Å². The molecule has 158 valence electrons. The fourth-order valence-corrected chi connectivity index (χ4v) is 4.40. The van der Waals surface area contributed by atoms with Gasteiger partial charge in [0.2, 0.25) is 0 Å². The molecule has 3 rings (SSSR count). The normalized spacial score (nSPS) is 13.1. The first kappa shape index (κ1) is 22.3. The molecule has 0 saturated heterocycles. The summed E-state index contributed by atoms with van der Waals surface area (Å²) < 4.78 is 7.73. The maximum atomic E-state index is 13.2. The number of thiazole rings is 1. The van der Waals surface area contributed by atoms with Gasteiger partial charge < -0.3 is 4.74 Å². The van der Waals surface area contributed by atoms with Gasteiger partial charge in [0.15, 0.2) is 5.78 Å². The van der Waals surface area contributed by atoms with Crippen molar-refractivity contribution in [3.8, 4) is 11.8 Å². The van der Waals surface area contributed by atoms with Gasteiger partial charge in [-0.1, -0.05) is 57.2 Å². The number of aromatic nitrogens is 1. The van der Waals surface area contributed by atoms with Crippen molar-refractivity contribution in [1.82, 2.24) is 4.57 Å². The second-order valence-electron chi connectivity index (χ2n) is 8.09. The molecule has 0 bridgehead atoms. The van der Waals surface area contributed by atoms with E-state index >= 15 is 0 Å². The highest BCUT2D eigenvalue weighted by Crippen LogP contribution is 2.28. The molecule has 0 unspecified atom stereocenters. The summed E-state index contributed by atoms with van der Waals surface area (Å²) in [5.41, 5.74) is -0.255. The number of Topliss-reactive ketones (excluding diaryl/α,β-unsaturated/α-hetero) is 1. The summed E-state index contributed by atoms with van der Waals surface area (Å²) in [7, 11) is 1.58. The van der Waals surface area contributed by atoms with E-state index in [9.17, 15) is 14.9 Å². The van der Waals surface area contributed by atoms with E-state index in [4.69, 9.17) is 4.74 Å². The highest BCUT2D eigenvalue weighted by Gasteiger charge is 2.27. The third-order valence-electron chi connectivity index (χ3n) is 4.88. The molecule has 2 aromatic carbocycles. The standard InChI is InChI=1S/C25H24N2O3S/c1-6-13-27-23(29)21(31-24(27)19(15-26)22(28)25(2,3)4)14-18-17-10-8-7-9-16(17)11-12-20(18)30-5/h6-12,14H,1,13H2,2-5H3. The van der Waals surface area contributed by atoms with Gasteiger partial charge in [0.25, 0.3) is 5.56 Å². The van der Waals surface area contributed by atoms with E-state index < -0.39 is 5.41 Å². The molecule has 0 atom stereocenters. The van der Waals surface area contributed by atoms with E-state index in [2.05, 4.69) is 6.58 Å². The Morgan fingerprint density at radius 2 is 1.97 bits per heavy atom. The third-order valence-corrected chi connectivity index (χ3v) is 6.01. The molecular weight excluding hydrogens is 408 g/mol. The number of hydrogen-bond acceptors (Lipinski definition) is 5. The SMILES string of the molecule is C=CCn1c(=C(C#N)C(=O)C(C)(C)C)sc(=Cc2c(OC)ccc3ccccc23)c1=O. The molecule has 0 aliphatic carbocycles. The second kappa shape index (κ2) is 8.75. The number of allylic oxidation sites excluding steroid dienone is 1. The van der Waals surface area contributed by atoms with Crippen LogP contribution in [-0.2, 0) is 11.3 Å². The van der Waals surface area contributed by atoms with E-state index in [1.54, 1.807) is 40.0 Å². The van der Waals surface area contributed by atoms with Gasteiger partial charge >= 0.3 is 0 Å². The summed E-state index contributed by atoms with van der Waals surface area (Å²) in [6, 6.07) is 13.7. The van der Waals surface area contributed by atoms with Gasteiger partial charge in [-0.2, -0.15) is 5.26 Å². The average Bonchev–Trinajstić information content (AvgIpc) is 3.04. The summed E-state index contributed by atoms with van der Waals surface area (Å²) in [6.07, 6.45) is 3.35. The van der Waals surface area contributed by atoms with Crippen molar-refractivity contribution in [2.75, 3.05) is 7.11 Å². The van der Waals surface area contributed by atoms with Gasteiger partial charge in [-0.25, -0.2) is 0 Å². The van der Waals surface area contributed by atoms with Crippen LogP contribution in [0.15, 0.2) is 53.8 Å². The number of ketones is 1. The number of ether oxygens (including phenoxy) is 1. The van der Waals surface area contributed by atoms with Crippen LogP contribution >= 0.6 is 11.3 Å². The van der Waals surface area contributed by atoms with Gasteiger partial charge in [0.1, 0.15) is 22.1 Å². The van der Waals surface area contributed by atoms with Gasteiger partial charge in [-0.15, -0.1) is 17.9 Å². The summed E-state index contributed by atoms with van der Waals surface area (Å²) >= 11 is 1.14. The van der Waals surface area contributed by atoms with Gasteiger partial charge in [-0.3, -0.25) is 14.2 Å². The van der Waals surface area contributed by atoms with Crippen LogP contribution in [0.5, 0.6) is 5.75 Å². The molecule has 6 heteroatoms. The van der Waals surface area contributed by atoms with Crippen LogP contribution in [0.3, 0.4) is 0 Å². The first-order valence-electron chi connectivity index (χ1n) is 9.80. The number of methoxy groups -OCH3 is 1. The molecule has 0 aliphatic heterocycles. The zero-order valence-electron chi connectivity index (χ0n) is 18.1. The molecule has 1 heterocycles. The average molecular weight is 433 g/mol. The van der Waals surface area contributed by atoms with Crippen LogP contribution < -0.4 is 19.5 Å². The maximum Gasteiger partial charge on any atom is 0.269 e. The number of nitrogens with zero attached hydrogens (tertiary/aromatic N) is 2. The van der Waals surface area contributed by atoms with E-state index in [0.29, 0.717) is 14.9 Å². The first-order valence-corrected chi connectivity index (χ1v) is 10.6. The Morgan fingerprint density at radius 1 is 1.26 bits per heavy atom. The molecule has 0 N–H and O–H groups in total. The molecule has 5 nitrogen and oxygen atoms in total. The molecule has 1 aromatic heterocycles. The van der Waals surface area contributed by atoms with Gasteiger partial charge in [-0.05, 0) is 22.9 Å². The highest BCUT2D eigenvalue weighted by molar-refractivity contribution is 7.07. The van der Waals surface area contributed by atoms with Crippen molar-refractivity contribution >= 4 is 39.5 Å². The number of rotatable bonds is 5. The Labute approximate surface area is 184 Å². The third kappa shape index (κ3) is 4.23. The minimum absolute atomic E-state index is 0.0130. The topological polar surface area (TPSA) is 72.1 Å². The van der Waals surface area contributed by atoms with E-state index in [1.807, 2.05) is 42.5 Å². The molecule has 0 saturated carbocycles. The predicted molar refractivity (Wildman–Crippen MR) is 126 cm³/mol. The van der Waals surface area contributed by atoms with Crippen molar-refractivity contribution in [3.05, 3.63) is 74.2 Å². The van der Waals surface area contributed by atoms with Crippen LogP contribution in [0.4, 0.5) is 0 Å². The largest absolute Gasteiger partial charge is 0.496 e. The van der Waals surface area contributed by atoms with E-state index in [-0.39, 0.29) is 23.5 Å². The molecule has 0 radical (unpaired) electrons. The number of carbonyl (C=O) groups is 1. The summed E-state index contributed by atoms with van der Waals surface area (Å²) in [5.74, 6) is 0.335. The first-order chi connectivity index (χ1) is 14.7. The quantitative estimate of drug-likeness (QED) is 0.580. The minimum atomic E-state index is -0.743. The molecule has 0 fully saturated rings. The van der Waals surface area contributed by atoms with Gasteiger partial charge in [0.05, 0.1) is 11.6 Å². The van der Waals surface area contributed by atoms with Crippen LogP contribution in [0.1, 0.15) is 26.3 Å². The Kier molecular flexibility index (Phi) is 6.28. The Morgan fingerprint density at radius 3 is 2.58 bits per heavy atom. The van der Waals surface area contributed by atoms with E-state index in [0.717, 1.165) is 27.7 Å². The lowest BCUT2D eigenvalue weighted by Gasteiger charge is -2.15.